The summed E-state index contributed by atoms with van der Waals surface area (Å²) in [5.74, 6) is -0.0999. The molecule has 0 heterocycles. The Hall–Kier alpha value is -0.353. The van der Waals surface area contributed by atoms with Gasteiger partial charge in [0.1, 0.15) is 0 Å². The number of unbranched alkanes of at least 4 members (excludes halogenated alkanes) is 6. The van der Waals surface area contributed by atoms with Crippen LogP contribution in [-0.2, 0) is 13.6 Å². The van der Waals surface area contributed by atoms with Gasteiger partial charge >= 0.3 is 8.56 Å². The number of rotatable bonds is 10. The maximum atomic E-state index is 11.5. The molecular formula is C13H28O3Si. The lowest BCUT2D eigenvalue weighted by Crippen LogP contribution is -2.35. The van der Waals surface area contributed by atoms with Gasteiger partial charge in [0.15, 0.2) is 0 Å². The van der Waals surface area contributed by atoms with Gasteiger partial charge in [-0.2, -0.15) is 0 Å². The molecule has 0 amide bonds. The smallest absolute Gasteiger partial charge is 0.394 e. The van der Waals surface area contributed by atoms with Crippen LogP contribution in [0.1, 0.15) is 58.3 Å². The van der Waals surface area contributed by atoms with Crippen LogP contribution in [0.25, 0.3) is 0 Å². The lowest BCUT2D eigenvalue weighted by Gasteiger charge is -2.19. The molecule has 0 bridgehead atoms. The molecule has 0 saturated carbocycles. The molecule has 0 spiro atoms. The Kier molecular flexibility index (Phi) is 9.45. The fraction of sp³-hybridized carbons (Fsp3) is 0.923. The number of hydrogen-bond donors (Lipinski definition) is 0. The fourth-order valence-corrected chi connectivity index (χ4v) is 2.33. The Morgan fingerprint density at radius 2 is 1.53 bits per heavy atom. The average molecular weight is 260 g/mol. The predicted molar refractivity (Wildman–Crippen MR) is 73.2 cm³/mol. The molecular weight excluding hydrogens is 232 g/mol. The third kappa shape index (κ3) is 10.5. The minimum Gasteiger partial charge on any atom is -0.494 e. The van der Waals surface area contributed by atoms with Gasteiger partial charge in [-0.05, 0) is 19.5 Å². The molecule has 4 heteroatoms. The van der Waals surface area contributed by atoms with E-state index in [9.17, 15) is 4.79 Å². The minimum absolute atomic E-state index is 0.0999. The van der Waals surface area contributed by atoms with Crippen molar-refractivity contribution in [2.45, 2.75) is 71.4 Å². The highest BCUT2D eigenvalue weighted by molar-refractivity contribution is 6.66. The molecule has 102 valence electrons. The topological polar surface area (TPSA) is 35.5 Å². The van der Waals surface area contributed by atoms with Gasteiger partial charge in [0.2, 0.25) is 0 Å². The van der Waals surface area contributed by atoms with Crippen molar-refractivity contribution < 1.29 is 13.6 Å². The van der Waals surface area contributed by atoms with E-state index in [-0.39, 0.29) is 5.97 Å². The Morgan fingerprint density at radius 1 is 1.00 bits per heavy atom. The lowest BCUT2D eigenvalue weighted by atomic mass is 10.1. The largest absolute Gasteiger partial charge is 0.494 e. The van der Waals surface area contributed by atoms with E-state index in [0.29, 0.717) is 6.42 Å². The summed E-state index contributed by atoms with van der Waals surface area (Å²) >= 11 is 0. The molecule has 17 heavy (non-hydrogen) atoms. The normalized spacial score (nSPS) is 11.5. The predicted octanol–water partition coefficient (Wildman–Crippen LogP) is 4.02. The molecule has 0 saturated heterocycles. The van der Waals surface area contributed by atoms with Crippen molar-refractivity contribution in [1.29, 1.82) is 0 Å². The van der Waals surface area contributed by atoms with E-state index in [1.54, 1.807) is 7.11 Å². The van der Waals surface area contributed by atoms with Gasteiger partial charge in [-0.3, -0.25) is 4.79 Å². The highest BCUT2D eigenvalue weighted by atomic mass is 28.4. The molecule has 0 aliphatic carbocycles. The first-order chi connectivity index (χ1) is 8.02. The monoisotopic (exact) mass is 260 g/mol. The van der Waals surface area contributed by atoms with Crippen LogP contribution < -0.4 is 0 Å². The Labute approximate surface area is 107 Å². The van der Waals surface area contributed by atoms with E-state index in [4.69, 9.17) is 8.85 Å². The van der Waals surface area contributed by atoms with Crippen molar-refractivity contribution >= 4 is 14.5 Å². The van der Waals surface area contributed by atoms with Gasteiger partial charge in [0.25, 0.3) is 5.97 Å². The van der Waals surface area contributed by atoms with Crippen LogP contribution >= 0.6 is 0 Å². The quantitative estimate of drug-likeness (QED) is 0.439. The molecule has 0 aliphatic rings. The van der Waals surface area contributed by atoms with E-state index in [1.807, 2.05) is 13.1 Å². The SMILES string of the molecule is CCCCCCCCCC(=O)O[Si](C)(C)OC. The third-order valence-electron chi connectivity index (χ3n) is 2.84. The Morgan fingerprint density at radius 3 is 2.06 bits per heavy atom. The molecule has 0 N–H and O–H groups in total. The summed E-state index contributed by atoms with van der Waals surface area (Å²) in [5.41, 5.74) is 0. The molecule has 0 aromatic rings. The first-order valence-corrected chi connectivity index (χ1v) is 9.60. The highest BCUT2D eigenvalue weighted by Crippen LogP contribution is 2.11. The highest BCUT2D eigenvalue weighted by Gasteiger charge is 2.26. The molecule has 0 radical (unpaired) electrons. The second kappa shape index (κ2) is 9.65. The van der Waals surface area contributed by atoms with Crippen molar-refractivity contribution in [3.63, 3.8) is 0 Å². The van der Waals surface area contributed by atoms with Crippen molar-refractivity contribution in [2.75, 3.05) is 7.11 Å². The van der Waals surface area contributed by atoms with E-state index in [2.05, 4.69) is 6.92 Å². The first-order valence-electron chi connectivity index (χ1n) is 6.79. The van der Waals surface area contributed by atoms with E-state index in [0.717, 1.165) is 12.8 Å². The van der Waals surface area contributed by atoms with Gasteiger partial charge < -0.3 is 8.85 Å². The molecule has 0 unspecified atom stereocenters. The van der Waals surface area contributed by atoms with Crippen molar-refractivity contribution in [2.24, 2.45) is 0 Å². The standard InChI is InChI=1S/C13H28O3Si/c1-5-6-7-8-9-10-11-12-13(14)16-17(3,4)15-2/h5-12H2,1-4H3. The zero-order chi connectivity index (χ0) is 13.1. The lowest BCUT2D eigenvalue weighted by molar-refractivity contribution is -0.136. The van der Waals surface area contributed by atoms with E-state index in [1.165, 1.54) is 32.1 Å². The third-order valence-corrected chi connectivity index (χ3v) is 4.54. The van der Waals surface area contributed by atoms with Gasteiger partial charge in [0.05, 0.1) is 0 Å². The van der Waals surface area contributed by atoms with Crippen LogP contribution in [0, 0.1) is 0 Å². The summed E-state index contributed by atoms with van der Waals surface area (Å²) in [6, 6.07) is 0. The minimum atomic E-state index is -2.18. The Bertz CT molecular complexity index is 205. The van der Waals surface area contributed by atoms with Crippen molar-refractivity contribution in [1.82, 2.24) is 0 Å². The average Bonchev–Trinajstić information content (AvgIpc) is 2.27. The number of carbonyl (C=O) groups is 1. The molecule has 0 aromatic heterocycles. The fourth-order valence-electron chi connectivity index (χ4n) is 1.59. The molecule has 0 atom stereocenters. The van der Waals surface area contributed by atoms with Crippen LogP contribution in [0.4, 0.5) is 0 Å². The molecule has 0 fully saturated rings. The van der Waals surface area contributed by atoms with Gasteiger partial charge in [0, 0.05) is 13.5 Å². The summed E-state index contributed by atoms with van der Waals surface area (Å²) in [6.07, 6.45) is 9.07. The molecule has 0 rings (SSSR count). The van der Waals surface area contributed by atoms with Crippen molar-refractivity contribution in [3.05, 3.63) is 0 Å². The zero-order valence-corrected chi connectivity index (χ0v) is 12.9. The van der Waals surface area contributed by atoms with Crippen LogP contribution in [0.2, 0.25) is 13.1 Å². The zero-order valence-electron chi connectivity index (χ0n) is 11.9. The second-order valence-electron chi connectivity index (χ2n) is 4.95. The van der Waals surface area contributed by atoms with Gasteiger partial charge in [-0.15, -0.1) is 0 Å². The second-order valence-corrected chi connectivity index (χ2v) is 8.36. The Balaban J connectivity index is 3.40. The first kappa shape index (κ1) is 16.6. The van der Waals surface area contributed by atoms with Crippen LogP contribution in [0.5, 0.6) is 0 Å². The van der Waals surface area contributed by atoms with Gasteiger partial charge in [-0.1, -0.05) is 45.4 Å². The molecule has 0 aliphatic heterocycles. The number of hydrogen-bond acceptors (Lipinski definition) is 3. The van der Waals surface area contributed by atoms with Gasteiger partial charge in [-0.25, -0.2) is 0 Å². The van der Waals surface area contributed by atoms with Crippen molar-refractivity contribution in [3.8, 4) is 0 Å². The summed E-state index contributed by atoms with van der Waals surface area (Å²) < 4.78 is 10.5. The summed E-state index contributed by atoms with van der Waals surface area (Å²) in [6.45, 7) is 5.99. The maximum absolute atomic E-state index is 11.5. The van der Waals surface area contributed by atoms with E-state index < -0.39 is 8.56 Å². The van der Waals surface area contributed by atoms with Crippen LogP contribution in [0.15, 0.2) is 0 Å². The maximum Gasteiger partial charge on any atom is 0.394 e. The van der Waals surface area contributed by atoms with E-state index >= 15 is 0 Å². The van der Waals surface area contributed by atoms with Crippen LogP contribution in [-0.4, -0.2) is 21.6 Å². The van der Waals surface area contributed by atoms with Crippen LogP contribution in [0.3, 0.4) is 0 Å². The summed E-state index contributed by atoms with van der Waals surface area (Å²) in [7, 11) is -0.572. The molecule has 3 nitrogen and oxygen atoms in total. The summed E-state index contributed by atoms with van der Waals surface area (Å²) in [4.78, 5) is 11.5. The number of carbonyl (C=O) groups excluding carboxylic acids is 1. The summed E-state index contributed by atoms with van der Waals surface area (Å²) in [5, 5.41) is 0. The molecule has 0 aromatic carbocycles.